The largest absolute Gasteiger partial charge is 0.453 e. The summed E-state index contributed by atoms with van der Waals surface area (Å²) >= 11 is 0. The molecule has 1 N–H and O–H groups in total. The molecular weight excluding hydrogens is 328 g/mol. The summed E-state index contributed by atoms with van der Waals surface area (Å²) < 4.78 is 57.3. The maximum absolute atomic E-state index is 13.5. The Hall–Kier alpha value is -1.83. The lowest BCUT2D eigenvalue weighted by molar-refractivity contribution is -0.140. The summed E-state index contributed by atoms with van der Waals surface area (Å²) in [5.41, 5.74) is -1.86. The van der Waals surface area contributed by atoms with E-state index in [0.717, 1.165) is 25.1 Å². The van der Waals surface area contributed by atoms with Gasteiger partial charge in [0.2, 0.25) is 0 Å². The Morgan fingerprint density at radius 2 is 2.08 bits per heavy atom. The normalized spacial score (nSPS) is 21.8. The van der Waals surface area contributed by atoms with Crippen LogP contribution in [0.2, 0.25) is 0 Å². The second-order valence-corrected chi connectivity index (χ2v) is 6.24. The molecule has 0 unspecified atom stereocenters. The average Bonchev–Trinajstić information content (AvgIpc) is 3.26. The third-order valence-electron chi connectivity index (χ3n) is 4.77. The molecule has 8 heteroatoms. The summed E-state index contributed by atoms with van der Waals surface area (Å²) in [6, 6.07) is 3.05. The number of hydrogen-bond donors (Lipinski definition) is 1. The molecule has 1 aliphatic heterocycles. The molecule has 1 aliphatic carbocycles. The zero-order valence-electron chi connectivity index (χ0n) is 13.1. The number of hydrogen-bond acceptors (Lipinski definition) is 3. The third-order valence-corrected chi connectivity index (χ3v) is 4.77. The van der Waals surface area contributed by atoms with Crippen molar-refractivity contribution in [2.24, 2.45) is 0 Å². The molecule has 1 aromatic carbocycles. The summed E-state index contributed by atoms with van der Waals surface area (Å²) in [6.45, 7) is 1.20. The van der Waals surface area contributed by atoms with Crippen molar-refractivity contribution >= 4 is 6.09 Å². The van der Waals surface area contributed by atoms with E-state index in [1.165, 1.54) is 18.1 Å². The maximum atomic E-state index is 13.5. The summed E-state index contributed by atoms with van der Waals surface area (Å²) in [5, 5.41) is 3.16. The van der Waals surface area contributed by atoms with Crippen LogP contribution < -0.4 is 5.32 Å². The van der Waals surface area contributed by atoms with E-state index in [0.29, 0.717) is 24.9 Å². The van der Waals surface area contributed by atoms with Crippen LogP contribution in [0.3, 0.4) is 0 Å². The predicted octanol–water partition coefficient (Wildman–Crippen LogP) is 3.26. The van der Waals surface area contributed by atoms with Crippen molar-refractivity contribution < 1.29 is 27.1 Å². The Balaban J connectivity index is 1.94. The highest BCUT2D eigenvalue weighted by molar-refractivity contribution is 5.70. The number of carbonyl (C=O) groups excluding carboxylic acids is 1. The number of rotatable bonds is 4. The number of ether oxygens (including phenoxy) is 1. The van der Waals surface area contributed by atoms with E-state index in [2.05, 4.69) is 5.32 Å². The van der Waals surface area contributed by atoms with Crippen molar-refractivity contribution in [3.05, 3.63) is 35.1 Å². The lowest BCUT2D eigenvalue weighted by Crippen LogP contribution is -2.54. The number of amides is 1. The van der Waals surface area contributed by atoms with Gasteiger partial charge in [-0.1, -0.05) is 6.07 Å². The molecule has 1 atom stereocenters. The zero-order chi connectivity index (χ0) is 17.5. The maximum Gasteiger partial charge on any atom is 0.419 e. The lowest BCUT2D eigenvalue weighted by Gasteiger charge is -2.38. The summed E-state index contributed by atoms with van der Waals surface area (Å²) in [5.74, 6) is -1.31. The molecular formula is C16H18F4N2O2. The highest BCUT2D eigenvalue weighted by Crippen LogP contribution is 2.52. The first-order valence-corrected chi connectivity index (χ1v) is 7.74. The van der Waals surface area contributed by atoms with E-state index in [-0.39, 0.29) is 6.04 Å². The van der Waals surface area contributed by atoms with Crippen LogP contribution in [0.15, 0.2) is 18.2 Å². The van der Waals surface area contributed by atoms with E-state index < -0.39 is 29.2 Å². The molecule has 2 aliphatic rings. The van der Waals surface area contributed by atoms with Gasteiger partial charge >= 0.3 is 12.3 Å². The molecule has 0 bridgehead atoms. The van der Waals surface area contributed by atoms with Gasteiger partial charge in [0.15, 0.2) is 0 Å². The van der Waals surface area contributed by atoms with Gasteiger partial charge in [-0.2, -0.15) is 13.2 Å². The second kappa shape index (κ2) is 5.91. The fourth-order valence-electron chi connectivity index (χ4n) is 3.12. The van der Waals surface area contributed by atoms with Crippen molar-refractivity contribution in [3.63, 3.8) is 0 Å². The molecule has 132 valence electrons. The van der Waals surface area contributed by atoms with E-state index in [4.69, 9.17) is 4.74 Å². The highest BCUT2D eigenvalue weighted by atomic mass is 19.4. The molecule has 1 saturated carbocycles. The van der Waals surface area contributed by atoms with E-state index >= 15 is 0 Å². The molecule has 0 spiro atoms. The number of methoxy groups -OCH3 is 1. The van der Waals surface area contributed by atoms with Crippen LogP contribution in [0.5, 0.6) is 0 Å². The molecule has 2 fully saturated rings. The van der Waals surface area contributed by atoms with Gasteiger partial charge in [-0.3, -0.25) is 4.90 Å². The predicted molar refractivity (Wildman–Crippen MR) is 77.8 cm³/mol. The van der Waals surface area contributed by atoms with E-state index in [1.54, 1.807) is 0 Å². The molecule has 3 rings (SSSR count). The minimum absolute atomic E-state index is 0.101. The average molecular weight is 346 g/mol. The molecule has 1 saturated heterocycles. The standard InChI is InChI=1S/C16H18F4N2O2/c1-24-14(23)22(9-11-4-7-21-11)15(5-6-15)10-2-3-13(17)12(8-10)16(18,19)20/h2-3,8,11,21H,4-7,9H2,1H3/t11-/m0/s1. The van der Waals surface area contributed by atoms with E-state index in [1.807, 2.05) is 0 Å². The third kappa shape index (κ3) is 2.94. The van der Waals surface area contributed by atoms with Crippen molar-refractivity contribution in [2.45, 2.75) is 37.0 Å². The molecule has 0 radical (unpaired) electrons. The number of nitrogens with zero attached hydrogens (tertiary/aromatic N) is 1. The Morgan fingerprint density at radius 1 is 1.42 bits per heavy atom. The molecule has 24 heavy (non-hydrogen) atoms. The highest BCUT2D eigenvalue weighted by Gasteiger charge is 2.53. The molecule has 1 aromatic rings. The van der Waals surface area contributed by atoms with Crippen LogP contribution in [-0.4, -0.2) is 37.2 Å². The number of carbonyl (C=O) groups is 1. The number of alkyl halides is 3. The van der Waals surface area contributed by atoms with Crippen LogP contribution >= 0.6 is 0 Å². The Kier molecular flexibility index (Phi) is 4.19. The van der Waals surface area contributed by atoms with Crippen LogP contribution in [0, 0.1) is 5.82 Å². The molecule has 0 aromatic heterocycles. The van der Waals surface area contributed by atoms with Crippen molar-refractivity contribution in [3.8, 4) is 0 Å². The fourth-order valence-corrected chi connectivity index (χ4v) is 3.12. The van der Waals surface area contributed by atoms with E-state index in [9.17, 15) is 22.4 Å². The number of benzene rings is 1. The first kappa shape index (κ1) is 17.0. The first-order valence-electron chi connectivity index (χ1n) is 7.74. The van der Waals surface area contributed by atoms with Gasteiger partial charge in [0.25, 0.3) is 0 Å². The summed E-state index contributed by atoms with van der Waals surface area (Å²) in [4.78, 5) is 13.6. The smallest absolute Gasteiger partial charge is 0.419 e. The minimum Gasteiger partial charge on any atom is -0.453 e. The number of halogens is 4. The van der Waals surface area contributed by atoms with Crippen LogP contribution in [-0.2, 0) is 16.5 Å². The Labute approximate surface area is 136 Å². The van der Waals surface area contributed by atoms with Gasteiger partial charge < -0.3 is 10.1 Å². The number of nitrogens with one attached hydrogen (secondary N) is 1. The van der Waals surface area contributed by atoms with Gasteiger partial charge in [-0.15, -0.1) is 0 Å². The first-order chi connectivity index (χ1) is 11.3. The van der Waals surface area contributed by atoms with Crippen LogP contribution in [0.4, 0.5) is 22.4 Å². The van der Waals surface area contributed by atoms with Gasteiger partial charge in [0, 0.05) is 12.6 Å². The monoisotopic (exact) mass is 346 g/mol. The van der Waals surface area contributed by atoms with Gasteiger partial charge in [-0.05, 0) is 43.5 Å². The SMILES string of the molecule is COC(=O)N(C[C@@H]1CCN1)C1(c2ccc(F)c(C(F)(F)F)c2)CC1. The van der Waals surface area contributed by atoms with Gasteiger partial charge in [-0.25, -0.2) is 9.18 Å². The molecule has 4 nitrogen and oxygen atoms in total. The minimum atomic E-state index is -4.78. The molecule has 1 heterocycles. The quantitative estimate of drug-likeness (QED) is 0.851. The summed E-state index contributed by atoms with van der Waals surface area (Å²) in [6.07, 6.45) is -3.42. The van der Waals surface area contributed by atoms with Gasteiger partial charge in [0.05, 0.1) is 18.2 Å². The van der Waals surface area contributed by atoms with Crippen LogP contribution in [0.25, 0.3) is 0 Å². The van der Waals surface area contributed by atoms with Gasteiger partial charge in [0.1, 0.15) is 5.82 Å². The Bertz CT molecular complexity index is 639. The van der Waals surface area contributed by atoms with Crippen LogP contribution in [0.1, 0.15) is 30.4 Å². The lowest BCUT2D eigenvalue weighted by atomic mass is 9.98. The van der Waals surface area contributed by atoms with Crippen molar-refractivity contribution in [1.82, 2.24) is 10.2 Å². The topological polar surface area (TPSA) is 41.6 Å². The Morgan fingerprint density at radius 3 is 2.54 bits per heavy atom. The zero-order valence-corrected chi connectivity index (χ0v) is 13.1. The van der Waals surface area contributed by atoms with Crippen molar-refractivity contribution in [1.29, 1.82) is 0 Å². The van der Waals surface area contributed by atoms with Crippen molar-refractivity contribution in [2.75, 3.05) is 20.2 Å². The molecule has 1 amide bonds. The summed E-state index contributed by atoms with van der Waals surface area (Å²) in [7, 11) is 1.24. The second-order valence-electron chi connectivity index (χ2n) is 6.24. The fraction of sp³-hybridized carbons (Fsp3) is 0.562.